The molecule has 206 valence electrons. The average molecular weight is 563 g/mol. The van der Waals surface area contributed by atoms with Crippen molar-refractivity contribution in [2.75, 3.05) is 10.6 Å². The Kier molecular flexibility index (Phi) is 8.21. The number of carbonyl (C=O) groups is 2. The predicted octanol–water partition coefficient (Wildman–Crippen LogP) is 6.52. The molecule has 41 heavy (non-hydrogen) atoms. The van der Waals surface area contributed by atoms with Crippen molar-refractivity contribution in [3.63, 3.8) is 0 Å². The monoisotopic (exact) mass is 562 g/mol. The van der Waals surface area contributed by atoms with E-state index in [2.05, 4.69) is 10.6 Å². The molecule has 0 radical (unpaired) electrons. The molecule has 0 saturated heterocycles. The van der Waals surface area contributed by atoms with Crippen LogP contribution in [-0.2, 0) is 11.8 Å². The first kappa shape index (κ1) is 27.7. The molecule has 0 aliphatic carbocycles. The Morgan fingerprint density at radius 1 is 0.780 bits per heavy atom. The molecular formula is C33H30N4O3S. The Hall–Kier alpha value is -4.82. The second-order valence-corrected chi connectivity index (χ2v) is 10.9. The lowest BCUT2D eigenvalue weighted by atomic mass is 10.1. The summed E-state index contributed by atoms with van der Waals surface area (Å²) in [4.78, 5) is 40.8. The number of benzene rings is 4. The van der Waals surface area contributed by atoms with Gasteiger partial charge < -0.3 is 10.6 Å². The molecule has 0 saturated carbocycles. The van der Waals surface area contributed by atoms with Gasteiger partial charge in [-0.1, -0.05) is 72.3 Å². The molecule has 4 aromatic carbocycles. The first-order valence-corrected chi connectivity index (χ1v) is 14.0. The first-order chi connectivity index (χ1) is 19.8. The van der Waals surface area contributed by atoms with Gasteiger partial charge in [0, 0.05) is 23.2 Å². The van der Waals surface area contributed by atoms with Crippen LogP contribution in [0.3, 0.4) is 0 Å². The van der Waals surface area contributed by atoms with Gasteiger partial charge in [0.1, 0.15) is 10.9 Å². The Morgan fingerprint density at radius 2 is 1.44 bits per heavy atom. The van der Waals surface area contributed by atoms with E-state index in [1.54, 1.807) is 30.8 Å². The van der Waals surface area contributed by atoms with Gasteiger partial charge in [0.05, 0.1) is 11.4 Å². The van der Waals surface area contributed by atoms with Crippen LogP contribution in [0.2, 0.25) is 0 Å². The van der Waals surface area contributed by atoms with Crippen LogP contribution < -0.4 is 16.2 Å². The summed E-state index contributed by atoms with van der Waals surface area (Å²) in [7, 11) is 1.79. The summed E-state index contributed by atoms with van der Waals surface area (Å²) in [5, 5.41) is 5.21. The van der Waals surface area contributed by atoms with Crippen molar-refractivity contribution >= 4 is 35.0 Å². The molecule has 8 heteroatoms. The van der Waals surface area contributed by atoms with Gasteiger partial charge in [0.25, 0.3) is 11.5 Å². The molecule has 1 unspecified atom stereocenters. The zero-order chi connectivity index (χ0) is 28.9. The molecule has 1 aromatic heterocycles. The molecule has 1 atom stereocenters. The lowest BCUT2D eigenvalue weighted by Gasteiger charge is -2.17. The van der Waals surface area contributed by atoms with Crippen LogP contribution in [0, 0.1) is 13.8 Å². The SMILES string of the molecule is Cc1ccc(C(=O)Nc2cccc(SC(C(=O)Nc3c(C)n(C)n(-c4ccccc4)c3=O)c3ccccc3)c2)cc1. The number of amides is 2. The molecule has 7 nitrogen and oxygen atoms in total. The molecule has 0 spiro atoms. The molecule has 0 aliphatic heterocycles. The minimum Gasteiger partial charge on any atom is -0.322 e. The number of rotatable bonds is 8. The molecule has 0 fully saturated rings. The number of aromatic nitrogens is 2. The topological polar surface area (TPSA) is 85.1 Å². The maximum Gasteiger partial charge on any atom is 0.295 e. The Balaban J connectivity index is 1.41. The second kappa shape index (κ2) is 12.1. The van der Waals surface area contributed by atoms with Crippen molar-refractivity contribution < 1.29 is 9.59 Å². The van der Waals surface area contributed by atoms with E-state index in [0.717, 1.165) is 16.0 Å². The third kappa shape index (κ3) is 6.18. The van der Waals surface area contributed by atoms with Crippen LogP contribution in [0.5, 0.6) is 0 Å². The number of nitrogens with zero attached hydrogens (tertiary/aromatic N) is 2. The zero-order valence-electron chi connectivity index (χ0n) is 23.0. The normalized spacial score (nSPS) is 11.6. The van der Waals surface area contributed by atoms with Crippen molar-refractivity contribution in [1.29, 1.82) is 0 Å². The lowest BCUT2D eigenvalue weighted by Crippen LogP contribution is -2.25. The van der Waals surface area contributed by atoms with E-state index in [4.69, 9.17) is 0 Å². The highest BCUT2D eigenvalue weighted by atomic mass is 32.2. The van der Waals surface area contributed by atoms with Crippen molar-refractivity contribution in [2.45, 2.75) is 24.0 Å². The number of aryl methyl sites for hydroxylation is 1. The third-order valence-corrected chi connectivity index (χ3v) is 8.05. The van der Waals surface area contributed by atoms with E-state index in [0.29, 0.717) is 22.6 Å². The van der Waals surface area contributed by atoms with E-state index in [-0.39, 0.29) is 23.1 Å². The fourth-order valence-electron chi connectivity index (χ4n) is 4.49. The van der Waals surface area contributed by atoms with Crippen LogP contribution in [0.4, 0.5) is 11.4 Å². The predicted molar refractivity (Wildman–Crippen MR) is 165 cm³/mol. The number of hydrogen-bond donors (Lipinski definition) is 2. The van der Waals surface area contributed by atoms with Crippen LogP contribution in [0.25, 0.3) is 5.69 Å². The molecule has 1 heterocycles. The minimum atomic E-state index is -0.650. The van der Waals surface area contributed by atoms with E-state index < -0.39 is 5.25 Å². The van der Waals surface area contributed by atoms with Gasteiger partial charge in [-0.25, -0.2) is 4.68 Å². The summed E-state index contributed by atoms with van der Waals surface area (Å²) in [6.07, 6.45) is 0. The molecule has 5 rings (SSSR count). The fraction of sp³-hybridized carbons (Fsp3) is 0.121. The third-order valence-electron chi connectivity index (χ3n) is 6.80. The molecular weight excluding hydrogens is 532 g/mol. The van der Waals surface area contributed by atoms with Gasteiger partial charge in [-0.05, 0) is 61.9 Å². The summed E-state index contributed by atoms with van der Waals surface area (Å²) in [6.45, 7) is 3.78. The highest BCUT2D eigenvalue weighted by Gasteiger charge is 2.26. The number of para-hydroxylation sites is 1. The van der Waals surface area contributed by atoms with Gasteiger partial charge in [-0.2, -0.15) is 0 Å². The highest BCUT2D eigenvalue weighted by Crippen LogP contribution is 2.37. The van der Waals surface area contributed by atoms with E-state index in [9.17, 15) is 14.4 Å². The van der Waals surface area contributed by atoms with Gasteiger partial charge in [0.15, 0.2) is 0 Å². The zero-order valence-corrected chi connectivity index (χ0v) is 23.8. The van der Waals surface area contributed by atoms with Crippen LogP contribution in [0.15, 0.2) is 119 Å². The first-order valence-electron chi connectivity index (χ1n) is 13.2. The van der Waals surface area contributed by atoms with Gasteiger partial charge in [-0.15, -0.1) is 11.8 Å². The van der Waals surface area contributed by atoms with Crippen molar-refractivity contribution in [3.05, 3.63) is 142 Å². The summed E-state index contributed by atoms with van der Waals surface area (Å²) in [5.74, 6) is -0.528. The average Bonchev–Trinajstić information content (AvgIpc) is 3.20. The van der Waals surface area contributed by atoms with Gasteiger partial charge in [-0.3, -0.25) is 19.1 Å². The van der Waals surface area contributed by atoms with Gasteiger partial charge >= 0.3 is 0 Å². The number of nitrogens with one attached hydrogen (secondary N) is 2. The molecule has 0 bridgehead atoms. The summed E-state index contributed by atoms with van der Waals surface area (Å²) in [5.41, 5.74) is 4.35. The number of anilines is 2. The number of hydrogen-bond acceptors (Lipinski definition) is 4. The van der Waals surface area contributed by atoms with Crippen LogP contribution >= 0.6 is 11.8 Å². The fourth-order valence-corrected chi connectivity index (χ4v) is 5.58. The Bertz CT molecular complexity index is 1740. The quantitative estimate of drug-likeness (QED) is 0.211. The van der Waals surface area contributed by atoms with E-state index in [1.165, 1.54) is 16.4 Å². The second-order valence-electron chi connectivity index (χ2n) is 9.68. The van der Waals surface area contributed by atoms with E-state index in [1.807, 2.05) is 104 Å². The molecule has 5 aromatic rings. The molecule has 2 amide bonds. The van der Waals surface area contributed by atoms with Crippen molar-refractivity contribution in [1.82, 2.24) is 9.36 Å². The minimum absolute atomic E-state index is 0.209. The summed E-state index contributed by atoms with van der Waals surface area (Å²) in [6, 6.07) is 33.5. The standard InChI is InChI=1S/C33H30N4O3S/c1-22-17-19-25(20-18-22)31(38)34-26-13-10-16-28(21-26)41-30(24-11-6-4-7-12-24)32(39)35-29-23(2)36(3)37(33(29)40)27-14-8-5-9-15-27/h4-21,30H,1-3H3,(H,34,38)(H,35,39). The van der Waals surface area contributed by atoms with Crippen LogP contribution in [0.1, 0.15) is 32.4 Å². The van der Waals surface area contributed by atoms with Crippen LogP contribution in [-0.4, -0.2) is 21.2 Å². The Morgan fingerprint density at radius 3 is 2.12 bits per heavy atom. The maximum absolute atomic E-state index is 13.8. The largest absolute Gasteiger partial charge is 0.322 e. The highest BCUT2D eigenvalue weighted by molar-refractivity contribution is 8.00. The summed E-state index contributed by atoms with van der Waals surface area (Å²) < 4.78 is 3.27. The molecule has 0 aliphatic rings. The summed E-state index contributed by atoms with van der Waals surface area (Å²) >= 11 is 1.35. The number of thioether (sulfide) groups is 1. The Labute approximate surface area is 242 Å². The lowest BCUT2D eigenvalue weighted by molar-refractivity contribution is -0.115. The van der Waals surface area contributed by atoms with E-state index >= 15 is 0 Å². The van der Waals surface area contributed by atoms with Gasteiger partial charge in [0.2, 0.25) is 5.91 Å². The van der Waals surface area contributed by atoms with Crippen molar-refractivity contribution in [2.24, 2.45) is 7.05 Å². The number of carbonyl (C=O) groups excluding carboxylic acids is 2. The smallest absolute Gasteiger partial charge is 0.295 e. The maximum atomic E-state index is 13.8. The molecule has 2 N–H and O–H groups in total. The van der Waals surface area contributed by atoms with Crippen molar-refractivity contribution in [3.8, 4) is 5.69 Å².